The van der Waals surface area contributed by atoms with Crippen molar-refractivity contribution in [1.29, 1.82) is 0 Å². The number of benzene rings is 1. The van der Waals surface area contributed by atoms with Gasteiger partial charge in [0.25, 0.3) is 0 Å². The highest BCUT2D eigenvalue weighted by atomic mass is 16.5. The molecule has 124 valence electrons. The Morgan fingerprint density at radius 2 is 1.87 bits per heavy atom. The number of nitrogens with zero attached hydrogens (tertiary/aromatic N) is 1. The fourth-order valence-electron chi connectivity index (χ4n) is 3.16. The van der Waals surface area contributed by atoms with Crippen LogP contribution in [-0.4, -0.2) is 36.4 Å². The lowest BCUT2D eigenvalue weighted by Gasteiger charge is -2.30. The smallest absolute Gasteiger partial charge is 0.240 e. The molecule has 3 rings (SSSR count). The van der Waals surface area contributed by atoms with Gasteiger partial charge in [-0.3, -0.25) is 9.59 Å². The highest BCUT2D eigenvalue weighted by Gasteiger charge is 2.58. The van der Waals surface area contributed by atoms with E-state index in [1.165, 1.54) is 6.42 Å². The number of amides is 2. The molecule has 2 amide bonds. The predicted octanol–water partition coefficient (Wildman–Crippen LogP) is 2.82. The number of anilines is 1. The normalized spacial score (nSPS) is 19.1. The predicted molar refractivity (Wildman–Crippen MR) is 88.3 cm³/mol. The van der Waals surface area contributed by atoms with Crippen LogP contribution in [0.3, 0.4) is 0 Å². The van der Waals surface area contributed by atoms with Crippen LogP contribution in [0.4, 0.5) is 5.69 Å². The fourth-order valence-corrected chi connectivity index (χ4v) is 3.16. The van der Waals surface area contributed by atoms with Gasteiger partial charge in [0, 0.05) is 13.1 Å². The first kappa shape index (κ1) is 15.8. The van der Waals surface area contributed by atoms with Crippen molar-refractivity contribution in [1.82, 2.24) is 4.90 Å². The van der Waals surface area contributed by atoms with Gasteiger partial charge in [-0.2, -0.15) is 0 Å². The molecule has 0 bridgehead atoms. The number of piperidine rings is 1. The zero-order valence-electron chi connectivity index (χ0n) is 13.6. The molecule has 0 atom stereocenters. The number of nitrogens with one attached hydrogen (secondary N) is 1. The van der Waals surface area contributed by atoms with Crippen molar-refractivity contribution in [3.8, 4) is 5.75 Å². The van der Waals surface area contributed by atoms with Crippen molar-refractivity contribution >= 4 is 17.5 Å². The first-order chi connectivity index (χ1) is 11.2. The summed E-state index contributed by atoms with van der Waals surface area (Å²) in [7, 11) is 0. The van der Waals surface area contributed by atoms with Crippen molar-refractivity contribution in [2.45, 2.75) is 39.0 Å². The second kappa shape index (κ2) is 6.60. The van der Waals surface area contributed by atoms with Gasteiger partial charge in [0.2, 0.25) is 11.8 Å². The lowest BCUT2D eigenvalue weighted by molar-refractivity contribution is -0.143. The summed E-state index contributed by atoms with van der Waals surface area (Å²) < 4.78 is 5.54. The molecule has 1 saturated heterocycles. The number of carbonyl (C=O) groups is 2. The number of hydrogen-bond donors (Lipinski definition) is 1. The van der Waals surface area contributed by atoms with Gasteiger partial charge < -0.3 is 15.0 Å². The maximum absolute atomic E-state index is 12.8. The SMILES string of the molecule is CCOc1ccccc1NC(=O)C1(C(=O)N2CCCCC2)CC1. The van der Waals surface area contributed by atoms with Gasteiger partial charge in [0.1, 0.15) is 11.2 Å². The monoisotopic (exact) mass is 316 g/mol. The molecule has 1 aromatic carbocycles. The van der Waals surface area contributed by atoms with Gasteiger partial charge in [-0.1, -0.05) is 12.1 Å². The first-order valence-corrected chi connectivity index (χ1v) is 8.50. The Kier molecular flexibility index (Phi) is 4.55. The Morgan fingerprint density at radius 3 is 2.52 bits per heavy atom. The lowest BCUT2D eigenvalue weighted by atomic mass is 10.0. The summed E-state index contributed by atoms with van der Waals surface area (Å²) in [6, 6.07) is 7.35. The van der Waals surface area contributed by atoms with Crippen LogP contribution in [0.2, 0.25) is 0 Å². The molecular weight excluding hydrogens is 292 g/mol. The fraction of sp³-hybridized carbons (Fsp3) is 0.556. The molecule has 2 aliphatic rings. The zero-order valence-corrected chi connectivity index (χ0v) is 13.6. The van der Waals surface area contributed by atoms with Crippen molar-refractivity contribution in [2.24, 2.45) is 5.41 Å². The molecular formula is C18H24N2O3. The van der Waals surface area contributed by atoms with Crippen LogP contribution >= 0.6 is 0 Å². The molecule has 1 aromatic rings. The van der Waals surface area contributed by atoms with Gasteiger partial charge in [0.05, 0.1) is 12.3 Å². The molecule has 0 radical (unpaired) electrons. The lowest BCUT2D eigenvalue weighted by Crippen LogP contribution is -2.45. The van der Waals surface area contributed by atoms with E-state index in [0.29, 0.717) is 30.9 Å². The van der Waals surface area contributed by atoms with E-state index in [4.69, 9.17) is 4.74 Å². The van der Waals surface area contributed by atoms with Crippen LogP contribution in [-0.2, 0) is 9.59 Å². The minimum atomic E-state index is -0.851. The van der Waals surface area contributed by atoms with Crippen molar-refractivity contribution in [3.63, 3.8) is 0 Å². The van der Waals surface area contributed by atoms with Crippen molar-refractivity contribution in [2.75, 3.05) is 25.0 Å². The van der Waals surface area contributed by atoms with E-state index in [2.05, 4.69) is 5.32 Å². The van der Waals surface area contributed by atoms with Crippen LogP contribution < -0.4 is 10.1 Å². The first-order valence-electron chi connectivity index (χ1n) is 8.50. The second-order valence-electron chi connectivity index (χ2n) is 6.32. The summed E-state index contributed by atoms with van der Waals surface area (Å²) in [5, 5.41) is 2.91. The Balaban J connectivity index is 1.71. The average molecular weight is 316 g/mol. The van der Waals surface area contributed by atoms with E-state index in [9.17, 15) is 9.59 Å². The van der Waals surface area contributed by atoms with E-state index >= 15 is 0 Å². The Hall–Kier alpha value is -2.04. The van der Waals surface area contributed by atoms with Gasteiger partial charge in [0.15, 0.2) is 0 Å². The third kappa shape index (κ3) is 3.19. The van der Waals surface area contributed by atoms with E-state index in [-0.39, 0.29) is 11.8 Å². The molecule has 0 aromatic heterocycles. The number of para-hydroxylation sites is 2. The van der Waals surface area contributed by atoms with Gasteiger partial charge in [-0.05, 0) is 51.2 Å². The summed E-state index contributed by atoms with van der Waals surface area (Å²) in [6.45, 7) is 4.00. The highest BCUT2D eigenvalue weighted by molar-refractivity contribution is 6.13. The summed E-state index contributed by atoms with van der Waals surface area (Å²) in [6.07, 6.45) is 4.54. The minimum absolute atomic E-state index is 0.00333. The zero-order chi connectivity index (χ0) is 16.3. The number of carbonyl (C=O) groups excluding carboxylic acids is 2. The molecule has 5 heteroatoms. The second-order valence-corrected chi connectivity index (χ2v) is 6.32. The maximum Gasteiger partial charge on any atom is 0.240 e. The van der Waals surface area contributed by atoms with E-state index in [0.717, 1.165) is 25.9 Å². The molecule has 5 nitrogen and oxygen atoms in total. The van der Waals surface area contributed by atoms with Gasteiger partial charge in [-0.15, -0.1) is 0 Å². The van der Waals surface area contributed by atoms with Crippen LogP contribution in [0.25, 0.3) is 0 Å². The molecule has 1 heterocycles. The molecule has 23 heavy (non-hydrogen) atoms. The average Bonchev–Trinajstić information content (AvgIpc) is 3.39. The molecule has 0 spiro atoms. The summed E-state index contributed by atoms with van der Waals surface area (Å²) in [5.41, 5.74) is -0.214. The highest BCUT2D eigenvalue weighted by Crippen LogP contribution is 2.48. The Morgan fingerprint density at radius 1 is 1.17 bits per heavy atom. The summed E-state index contributed by atoms with van der Waals surface area (Å²) in [5.74, 6) is 0.452. The largest absolute Gasteiger partial charge is 0.492 e. The van der Waals surface area contributed by atoms with Crippen LogP contribution in [0, 0.1) is 5.41 Å². The maximum atomic E-state index is 12.8. The Bertz CT molecular complexity index is 590. The van der Waals surface area contributed by atoms with E-state index in [1.54, 1.807) is 0 Å². The third-order valence-electron chi connectivity index (χ3n) is 4.67. The van der Waals surface area contributed by atoms with Crippen molar-refractivity contribution < 1.29 is 14.3 Å². The number of rotatable bonds is 5. The molecule has 2 fully saturated rings. The molecule has 1 aliphatic carbocycles. The summed E-state index contributed by atoms with van der Waals surface area (Å²) >= 11 is 0. The van der Waals surface area contributed by atoms with Crippen LogP contribution in [0.15, 0.2) is 24.3 Å². The van der Waals surface area contributed by atoms with Crippen LogP contribution in [0.1, 0.15) is 39.0 Å². The number of ether oxygens (including phenoxy) is 1. The topological polar surface area (TPSA) is 58.6 Å². The molecule has 1 aliphatic heterocycles. The van der Waals surface area contributed by atoms with Gasteiger partial charge in [-0.25, -0.2) is 0 Å². The molecule has 0 unspecified atom stereocenters. The van der Waals surface area contributed by atoms with E-state index < -0.39 is 5.41 Å². The third-order valence-corrected chi connectivity index (χ3v) is 4.67. The van der Waals surface area contributed by atoms with E-state index in [1.807, 2.05) is 36.1 Å². The Labute approximate surface area is 137 Å². The number of hydrogen-bond acceptors (Lipinski definition) is 3. The van der Waals surface area contributed by atoms with Crippen LogP contribution in [0.5, 0.6) is 5.75 Å². The molecule has 1 saturated carbocycles. The summed E-state index contributed by atoms with van der Waals surface area (Å²) in [4.78, 5) is 27.3. The standard InChI is InChI=1S/C18H24N2O3/c1-2-23-15-9-5-4-8-14(15)19-16(21)18(10-11-18)17(22)20-12-6-3-7-13-20/h4-5,8-9H,2-3,6-7,10-13H2,1H3,(H,19,21). The molecule has 1 N–H and O–H groups in total. The quantitative estimate of drug-likeness (QED) is 0.850. The number of likely N-dealkylation sites (tertiary alicyclic amines) is 1. The van der Waals surface area contributed by atoms with Gasteiger partial charge >= 0.3 is 0 Å². The minimum Gasteiger partial charge on any atom is -0.492 e. The van der Waals surface area contributed by atoms with Crippen molar-refractivity contribution in [3.05, 3.63) is 24.3 Å².